The molecule has 9 heteroatoms. The van der Waals surface area contributed by atoms with E-state index >= 15 is 0 Å². The van der Waals surface area contributed by atoms with Gasteiger partial charge in [0, 0.05) is 59.1 Å². The monoisotopic (exact) mass is 614 g/mol. The van der Waals surface area contributed by atoms with Crippen molar-refractivity contribution in [1.29, 1.82) is 0 Å². The van der Waals surface area contributed by atoms with Crippen molar-refractivity contribution in [2.24, 2.45) is 0 Å². The number of rotatable bonds is 27. The summed E-state index contributed by atoms with van der Waals surface area (Å²) in [7, 11) is 4.42. The van der Waals surface area contributed by atoms with Crippen LogP contribution >= 0.6 is 15.9 Å². The van der Waals surface area contributed by atoms with Crippen molar-refractivity contribution in [3.05, 3.63) is 0 Å². The predicted octanol–water partition coefficient (Wildman–Crippen LogP) is 8.53. The van der Waals surface area contributed by atoms with Gasteiger partial charge in [-0.05, 0) is 19.3 Å². The van der Waals surface area contributed by atoms with Crippen LogP contribution in [0.25, 0.3) is 0 Å². The van der Waals surface area contributed by atoms with Gasteiger partial charge in [0.2, 0.25) is 0 Å². The van der Waals surface area contributed by atoms with Crippen molar-refractivity contribution < 1.29 is 26.6 Å². The molecule has 2 atom stereocenters. The highest BCUT2D eigenvalue weighted by Crippen LogP contribution is 2.48. The Bertz CT molecular complexity index is 465. The zero-order valence-corrected chi connectivity index (χ0v) is 28.3. The quantitative estimate of drug-likeness (QED) is 0.0525. The van der Waals surface area contributed by atoms with Gasteiger partial charge in [0.25, 0.3) is 0 Å². The summed E-state index contributed by atoms with van der Waals surface area (Å²) in [6.07, 6.45) is 21.0. The minimum Gasteiger partial charge on any atom is -0.377 e. The molecule has 36 heavy (non-hydrogen) atoms. The molecule has 6 nitrogen and oxygen atoms in total. The van der Waals surface area contributed by atoms with E-state index in [0.29, 0.717) is 0 Å². The third kappa shape index (κ3) is 13.2. The van der Waals surface area contributed by atoms with Crippen LogP contribution in [0.5, 0.6) is 0 Å². The van der Waals surface area contributed by atoms with Crippen LogP contribution < -0.4 is 0 Å². The first-order chi connectivity index (χ1) is 17.5. The van der Waals surface area contributed by atoms with E-state index in [4.69, 9.17) is 26.6 Å². The third-order valence-electron chi connectivity index (χ3n) is 7.62. The van der Waals surface area contributed by atoms with Gasteiger partial charge in [-0.15, -0.1) is 0 Å². The average Bonchev–Trinajstić information content (AvgIpc) is 2.91. The van der Waals surface area contributed by atoms with E-state index in [-0.39, 0.29) is 11.1 Å². The lowest BCUT2D eigenvalue weighted by atomic mass is 10.0. The Hall–Kier alpha value is 0.674. The maximum atomic E-state index is 6.06. The molecule has 2 unspecified atom stereocenters. The van der Waals surface area contributed by atoms with Crippen molar-refractivity contribution in [2.45, 2.75) is 127 Å². The summed E-state index contributed by atoms with van der Waals surface area (Å²) in [5.41, 5.74) is 0.147. The lowest BCUT2D eigenvalue weighted by molar-refractivity contribution is 0.0805. The molecular formula is C27H59BrO6Si2. The average molecular weight is 616 g/mol. The van der Waals surface area contributed by atoms with Crippen LogP contribution in [0.1, 0.15) is 116 Å². The highest BCUT2D eigenvalue weighted by Gasteiger charge is 2.60. The SMILES string of the molecule is CCCCCCCCC(C(CCCCCCCCCCCBr)[Si](OC)(OC)OC)[Si](OC)(OC)OC. The zero-order chi connectivity index (χ0) is 27.1. The second-order valence-electron chi connectivity index (χ2n) is 9.86. The minimum atomic E-state index is -2.95. The van der Waals surface area contributed by atoms with Gasteiger partial charge in [-0.25, -0.2) is 0 Å². The van der Waals surface area contributed by atoms with Crippen molar-refractivity contribution in [1.82, 2.24) is 0 Å². The number of hydrogen-bond donors (Lipinski definition) is 0. The number of unbranched alkanes of at least 4 members (excludes halogenated alkanes) is 13. The number of hydrogen-bond acceptors (Lipinski definition) is 6. The number of alkyl halides is 1. The number of halogens is 1. The summed E-state index contributed by atoms with van der Waals surface area (Å²) in [6.45, 7) is 2.26. The largest absolute Gasteiger partial charge is 0.503 e. The Balaban J connectivity index is 5.34. The Kier molecular flexibility index (Phi) is 24.0. The molecule has 0 radical (unpaired) electrons. The Morgan fingerprint density at radius 1 is 0.444 bits per heavy atom. The van der Waals surface area contributed by atoms with Gasteiger partial charge in [0.15, 0.2) is 0 Å². The fourth-order valence-corrected chi connectivity index (χ4v) is 12.4. The topological polar surface area (TPSA) is 55.4 Å². The van der Waals surface area contributed by atoms with Crippen LogP contribution in [0.15, 0.2) is 0 Å². The molecular weight excluding hydrogens is 556 g/mol. The minimum absolute atomic E-state index is 0.0731. The van der Waals surface area contributed by atoms with Crippen LogP contribution in [0.2, 0.25) is 11.1 Å². The molecule has 0 aromatic heterocycles. The van der Waals surface area contributed by atoms with Gasteiger partial charge in [-0.2, -0.15) is 0 Å². The van der Waals surface area contributed by atoms with Gasteiger partial charge < -0.3 is 26.6 Å². The van der Waals surface area contributed by atoms with E-state index in [0.717, 1.165) is 31.0 Å². The van der Waals surface area contributed by atoms with Gasteiger partial charge in [0.1, 0.15) is 0 Å². The lowest BCUT2D eigenvalue weighted by Gasteiger charge is -2.42. The summed E-state index contributed by atoms with van der Waals surface area (Å²) in [6, 6.07) is 0. The molecule has 0 rings (SSSR count). The van der Waals surface area contributed by atoms with Gasteiger partial charge in [0.05, 0.1) is 0 Å². The Morgan fingerprint density at radius 3 is 1.00 bits per heavy atom. The molecule has 0 amide bonds. The molecule has 0 spiro atoms. The maximum Gasteiger partial charge on any atom is 0.503 e. The molecule has 0 saturated carbocycles. The van der Waals surface area contributed by atoms with E-state index < -0.39 is 17.6 Å². The molecule has 0 heterocycles. The van der Waals surface area contributed by atoms with Crippen LogP contribution in [0.4, 0.5) is 0 Å². The maximum absolute atomic E-state index is 6.06. The molecule has 0 fully saturated rings. The van der Waals surface area contributed by atoms with Crippen molar-refractivity contribution in [3.63, 3.8) is 0 Å². The Labute approximate surface area is 234 Å². The van der Waals surface area contributed by atoms with E-state index in [9.17, 15) is 0 Å². The summed E-state index contributed by atoms with van der Waals surface area (Å²) < 4.78 is 36.3. The molecule has 0 N–H and O–H groups in total. The lowest BCUT2D eigenvalue weighted by Crippen LogP contribution is -2.57. The first-order valence-corrected chi connectivity index (χ1v) is 19.1. The fraction of sp³-hybridized carbons (Fsp3) is 1.00. The molecule has 0 aromatic carbocycles. The predicted molar refractivity (Wildman–Crippen MR) is 159 cm³/mol. The van der Waals surface area contributed by atoms with Crippen molar-refractivity contribution >= 4 is 33.5 Å². The smallest absolute Gasteiger partial charge is 0.377 e. The Morgan fingerprint density at radius 2 is 0.722 bits per heavy atom. The van der Waals surface area contributed by atoms with Crippen molar-refractivity contribution in [3.8, 4) is 0 Å². The normalized spacial score (nSPS) is 14.3. The third-order valence-corrected chi connectivity index (χ3v) is 15.1. The zero-order valence-electron chi connectivity index (χ0n) is 24.7. The molecule has 218 valence electrons. The molecule has 0 saturated heterocycles. The fourth-order valence-electron chi connectivity index (χ4n) is 5.50. The molecule has 0 bridgehead atoms. The van der Waals surface area contributed by atoms with Gasteiger partial charge >= 0.3 is 17.6 Å². The first-order valence-electron chi connectivity index (χ1n) is 14.4. The van der Waals surface area contributed by atoms with Gasteiger partial charge in [-0.3, -0.25) is 0 Å². The van der Waals surface area contributed by atoms with Crippen LogP contribution in [0.3, 0.4) is 0 Å². The highest BCUT2D eigenvalue weighted by atomic mass is 79.9. The summed E-state index contributed by atoms with van der Waals surface area (Å²) >= 11 is 3.52. The standard InChI is InChI=1S/C27H59BrO6Si2/c1-8-9-10-11-17-20-23-26(35(29-2,30-3)31-4)27(36(32-5,33-6)34-7)24-21-18-15-13-12-14-16-19-22-25-28/h26-27H,8-25H2,1-7H3. The first kappa shape index (κ1) is 36.7. The molecule has 0 aliphatic carbocycles. The van der Waals surface area contributed by atoms with E-state index in [1.807, 2.05) is 0 Å². The summed E-state index contributed by atoms with van der Waals surface area (Å²) in [5, 5.41) is 1.13. The van der Waals surface area contributed by atoms with E-state index in [1.165, 1.54) is 83.5 Å². The second-order valence-corrected chi connectivity index (χ2v) is 17.0. The molecule has 0 aromatic rings. The van der Waals surface area contributed by atoms with Crippen LogP contribution in [0, 0.1) is 0 Å². The molecule has 0 aliphatic heterocycles. The van der Waals surface area contributed by atoms with Crippen molar-refractivity contribution in [2.75, 3.05) is 48.0 Å². The van der Waals surface area contributed by atoms with Crippen LogP contribution in [-0.2, 0) is 26.6 Å². The van der Waals surface area contributed by atoms with E-state index in [1.54, 1.807) is 42.7 Å². The molecule has 0 aliphatic rings. The summed E-state index contributed by atoms with van der Waals surface area (Å²) in [4.78, 5) is 0. The van der Waals surface area contributed by atoms with E-state index in [2.05, 4.69) is 22.9 Å². The summed E-state index contributed by atoms with van der Waals surface area (Å²) in [5.74, 6) is 0. The highest BCUT2D eigenvalue weighted by molar-refractivity contribution is 9.09. The second kappa shape index (κ2) is 23.6. The van der Waals surface area contributed by atoms with Crippen LogP contribution in [-0.4, -0.2) is 65.6 Å². The van der Waals surface area contributed by atoms with Gasteiger partial charge in [-0.1, -0.05) is 113 Å².